The maximum atomic E-state index is 10.7. The van der Waals surface area contributed by atoms with E-state index in [0.717, 1.165) is 0 Å². The van der Waals surface area contributed by atoms with Gasteiger partial charge in [-0.15, -0.1) is 0 Å². The van der Waals surface area contributed by atoms with Crippen LogP contribution in [0.25, 0.3) is 0 Å². The van der Waals surface area contributed by atoms with Gasteiger partial charge in [0.1, 0.15) is 6.61 Å². The van der Waals surface area contributed by atoms with E-state index in [-0.39, 0.29) is 12.6 Å². The molecule has 1 heterocycles. The Labute approximate surface area is 58.4 Å². The molecule has 1 aliphatic rings. The molecule has 0 aromatic rings. The number of hydrogen-bond acceptors (Lipinski definition) is 4. The Morgan fingerprint density at radius 3 is 3.00 bits per heavy atom. The zero-order valence-corrected chi connectivity index (χ0v) is 5.62. The van der Waals surface area contributed by atoms with Gasteiger partial charge in [-0.3, -0.25) is 0 Å². The quantitative estimate of drug-likeness (QED) is 0.487. The fourth-order valence-corrected chi connectivity index (χ4v) is 0.643. The lowest BCUT2D eigenvalue weighted by Crippen LogP contribution is -2.23. The molecule has 0 saturated carbocycles. The lowest BCUT2D eigenvalue weighted by molar-refractivity contribution is -0.149. The zero-order chi connectivity index (χ0) is 7.56. The Morgan fingerprint density at radius 2 is 2.60 bits per heavy atom. The molecule has 56 valence electrons. The Bertz CT molecular complexity index is 163. The molecule has 0 aliphatic carbocycles. The van der Waals surface area contributed by atoms with Crippen molar-refractivity contribution in [3.63, 3.8) is 0 Å². The fourth-order valence-electron chi connectivity index (χ4n) is 0.643. The van der Waals surface area contributed by atoms with Crippen molar-refractivity contribution in [2.45, 2.75) is 6.10 Å². The molecule has 1 unspecified atom stereocenters. The van der Waals surface area contributed by atoms with E-state index in [1.807, 2.05) is 0 Å². The minimum absolute atomic E-state index is 0.176. The van der Waals surface area contributed by atoms with Crippen LogP contribution < -0.4 is 0 Å². The van der Waals surface area contributed by atoms with Crippen LogP contribution in [0.2, 0.25) is 0 Å². The molecule has 0 radical (unpaired) electrons. The predicted octanol–water partition coefficient (Wildman–Crippen LogP) is 0.0460. The van der Waals surface area contributed by atoms with Gasteiger partial charge in [-0.1, -0.05) is 0 Å². The first kappa shape index (κ1) is 6.92. The summed E-state index contributed by atoms with van der Waals surface area (Å²) in [6.07, 6.45) is -0.627. The van der Waals surface area contributed by atoms with Crippen LogP contribution in [-0.2, 0) is 19.0 Å². The smallest absolute Gasteiger partial charge is 0.350 e. The molecule has 10 heavy (non-hydrogen) atoms. The van der Waals surface area contributed by atoms with Gasteiger partial charge in [0.15, 0.2) is 0 Å². The van der Waals surface area contributed by atoms with Crippen LogP contribution in [0.15, 0.2) is 12.5 Å². The van der Waals surface area contributed by atoms with Crippen LogP contribution in [0, 0.1) is 0 Å². The Morgan fingerprint density at radius 1 is 1.90 bits per heavy atom. The summed E-state index contributed by atoms with van der Waals surface area (Å²) in [6.45, 7) is 3.57. The predicted molar refractivity (Wildman–Crippen MR) is 32.0 cm³/mol. The minimum Gasteiger partial charge on any atom is -0.466 e. The van der Waals surface area contributed by atoms with Crippen molar-refractivity contribution < 1.29 is 19.0 Å². The lowest BCUT2D eigenvalue weighted by atomic mass is 10.4. The van der Waals surface area contributed by atoms with Crippen molar-refractivity contribution in [2.24, 2.45) is 0 Å². The van der Waals surface area contributed by atoms with E-state index in [2.05, 4.69) is 11.3 Å². The highest BCUT2D eigenvalue weighted by Gasteiger charge is 2.28. The number of esters is 1. The van der Waals surface area contributed by atoms with E-state index >= 15 is 0 Å². The second-order valence-corrected chi connectivity index (χ2v) is 1.81. The number of methoxy groups -OCH3 is 1. The average molecular weight is 144 g/mol. The topological polar surface area (TPSA) is 44.8 Å². The monoisotopic (exact) mass is 144 g/mol. The number of ether oxygens (including phenoxy) is 3. The molecule has 1 rings (SSSR count). The van der Waals surface area contributed by atoms with Crippen LogP contribution >= 0.6 is 0 Å². The molecule has 0 bridgehead atoms. The Balaban J connectivity index is 2.44. The molecule has 0 aromatic heterocycles. The molecule has 1 aliphatic heterocycles. The minimum atomic E-state index is -0.627. The molecule has 1 saturated heterocycles. The number of rotatable bonds is 1. The molecule has 1 atom stereocenters. The standard InChI is InChI=1S/C6H8O4/c1-4-9-3-5(10-4)6(7)8-2/h5H,1,3H2,2H3. The molecule has 0 spiro atoms. The van der Waals surface area contributed by atoms with Gasteiger partial charge in [-0.05, 0) is 6.58 Å². The van der Waals surface area contributed by atoms with Gasteiger partial charge in [0, 0.05) is 0 Å². The van der Waals surface area contributed by atoms with Gasteiger partial charge in [0.05, 0.1) is 7.11 Å². The summed E-state index contributed by atoms with van der Waals surface area (Å²) in [5.74, 6) is -0.256. The van der Waals surface area contributed by atoms with Crippen LogP contribution in [0.3, 0.4) is 0 Å². The highest BCUT2D eigenvalue weighted by molar-refractivity contribution is 5.75. The summed E-state index contributed by atoms with van der Waals surface area (Å²) < 4.78 is 14.0. The molecular weight excluding hydrogens is 136 g/mol. The van der Waals surface area contributed by atoms with E-state index < -0.39 is 12.1 Å². The highest BCUT2D eigenvalue weighted by atomic mass is 16.7. The average Bonchev–Trinajstić information content (AvgIpc) is 2.34. The van der Waals surface area contributed by atoms with E-state index in [0.29, 0.717) is 0 Å². The molecule has 0 N–H and O–H groups in total. The first-order valence-corrected chi connectivity index (χ1v) is 2.80. The third-order valence-corrected chi connectivity index (χ3v) is 1.13. The highest BCUT2D eigenvalue weighted by Crippen LogP contribution is 2.13. The zero-order valence-electron chi connectivity index (χ0n) is 5.62. The van der Waals surface area contributed by atoms with Gasteiger partial charge >= 0.3 is 5.97 Å². The summed E-state index contributed by atoms with van der Waals surface area (Å²) in [5, 5.41) is 0. The molecule has 4 heteroatoms. The van der Waals surface area contributed by atoms with E-state index in [1.165, 1.54) is 7.11 Å². The second-order valence-electron chi connectivity index (χ2n) is 1.81. The molecule has 4 nitrogen and oxygen atoms in total. The molecule has 0 aromatic carbocycles. The van der Waals surface area contributed by atoms with E-state index in [4.69, 9.17) is 9.47 Å². The van der Waals surface area contributed by atoms with Crippen molar-refractivity contribution in [1.82, 2.24) is 0 Å². The fraction of sp³-hybridized carbons (Fsp3) is 0.500. The maximum Gasteiger partial charge on any atom is 0.350 e. The molecule has 0 amide bonds. The van der Waals surface area contributed by atoms with Crippen molar-refractivity contribution in [3.05, 3.63) is 12.5 Å². The third kappa shape index (κ3) is 1.21. The summed E-state index contributed by atoms with van der Waals surface area (Å²) in [7, 11) is 1.30. The van der Waals surface area contributed by atoms with Crippen LogP contribution in [0.5, 0.6) is 0 Å². The Hall–Kier alpha value is -1.19. The number of carbonyl (C=O) groups excluding carboxylic acids is 1. The second kappa shape index (κ2) is 2.60. The van der Waals surface area contributed by atoms with Crippen LogP contribution in [0.1, 0.15) is 0 Å². The van der Waals surface area contributed by atoms with Crippen molar-refractivity contribution in [2.75, 3.05) is 13.7 Å². The van der Waals surface area contributed by atoms with Gasteiger partial charge in [0.25, 0.3) is 5.95 Å². The van der Waals surface area contributed by atoms with Crippen LogP contribution in [-0.4, -0.2) is 25.8 Å². The van der Waals surface area contributed by atoms with Gasteiger partial charge < -0.3 is 14.2 Å². The summed E-state index contributed by atoms with van der Waals surface area (Å²) in [5.41, 5.74) is 0. The van der Waals surface area contributed by atoms with E-state index in [1.54, 1.807) is 0 Å². The molecular formula is C6H8O4. The normalized spacial score (nSPS) is 23.3. The maximum absolute atomic E-state index is 10.7. The SMILES string of the molecule is C=C1OCC(C(=O)OC)O1. The van der Waals surface area contributed by atoms with Crippen molar-refractivity contribution in [3.8, 4) is 0 Å². The Kier molecular flexibility index (Phi) is 1.80. The lowest BCUT2D eigenvalue weighted by Gasteiger charge is -2.02. The number of hydrogen-bond donors (Lipinski definition) is 0. The number of carbonyl (C=O) groups is 1. The van der Waals surface area contributed by atoms with Crippen molar-refractivity contribution >= 4 is 5.97 Å². The van der Waals surface area contributed by atoms with Gasteiger partial charge in [0.2, 0.25) is 6.10 Å². The van der Waals surface area contributed by atoms with Crippen molar-refractivity contribution in [1.29, 1.82) is 0 Å². The summed E-state index contributed by atoms with van der Waals surface area (Å²) in [4.78, 5) is 10.7. The summed E-state index contributed by atoms with van der Waals surface area (Å²) >= 11 is 0. The van der Waals surface area contributed by atoms with E-state index in [9.17, 15) is 4.79 Å². The third-order valence-electron chi connectivity index (χ3n) is 1.13. The summed E-state index contributed by atoms with van der Waals surface area (Å²) in [6, 6.07) is 0. The molecule has 1 fully saturated rings. The first-order chi connectivity index (χ1) is 4.74. The first-order valence-electron chi connectivity index (χ1n) is 2.80. The van der Waals surface area contributed by atoms with Crippen LogP contribution in [0.4, 0.5) is 0 Å². The largest absolute Gasteiger partial charge is 0.466 e. The van der Waals surface area contributed by atoms with Gasteiger partial charge in [-0.25, -0.2) is 4.79 Å². The van der Waals surface area contributed by atoms with Gasteiger partial charge in [-0.2, -0.15) is 0 Å².